The van der Waals surface area contributed by atoms with E-state index < -0.39 is 0 Å². The van der Waals surface area contributed by atoms with Crippen LogP contribution >= 0.6 is 0 Å². The van der Waals surface area contributed by atoms with E-state index in [4.69, 9.17) is 5.11 Å². The second-order valence-electron chi connectivity index (χ2n) is 4.89. The zero-order valence-electron chi connectivity index (χ0n) is 8.01. The maximum Gasteiger partial charge on any atom is 0.0439 e. The van der Waals surface area contributed by atoms with Crippen LogP contribution in [-0.4, -0.2) is 11.7 Å². The van der Waals surface area contributed by atoms with Crippen molar-refractivity contribution in [1.82, 2.24) is 0 Å². The summed E-state index contributed by atoms with van der Waals surface area (Å²) in [6.45, 7) is 5.03. The number of aliphatic hydroxyl groups excluding tert-OH is 1. The highest BCUT2D eigenvalue weighted by Crippen LogP contribution is 2.66. The summed E-state index contributed by atoms with van der Waals surface area (Å²) in [5.74, 6) is 0.869. The van der Waals surface area contributed by atoms with Crippen LogP contribution in [0, 0.1) is 16.7 Å². The monoisotopic (exact) mass is 166 g/mol. The normalized spacial score (nSPS) is 42.4. The van der Waals surface area contributed by atoms with Gasteiger partial charge in [0.2, 0.25) is 0 Å². The Morgan fingerprint density at radius 2 is 2.25 bits per heavy atom. The first-order valence-corrected chi connectivity index (χ1v) is 4.91. The van der Waals surface area contributed by atoms with Gasteiger partial charge in [0.25, 0.3) is 0 Å². The van der Waals surface area contributed by atoms with Crippen LogP contribution < -0.4 is 0 Å². The van der Waals surface area contributed by atoms with E-state index in [-0.39, 0.29) is 0 Å². The molecule has 0 spiro atoms. The molecule has 3 aliphatic rings. The highest BCUT2D eigenvalue weighted by molar-refractivity contribution is 5.22. The van der Waals surface area contributed by atoms with Crippen molar-refractivity contribution in [3.63, 3.8) is 0 Å². The SMILES string of the molecule is CC1(C)C2CC=CC1(CCO)C2. The molecule has 3 aliphatic carbocycles. The lowest BCUT2D eigenvalue weighted by atomic mass is 9.41. The first-order chi connectivity index (χ1) is 5.62. The number of hydrogen-bond acceptors (Lipinski definition) is 1. The van der Waals surface area contributed by atoms with Crippen LogP contribution in [0.15, 0.2) is 12.2 Å². The average Bonchev–Trinajstić information content (AvgIpc) is 2.05. The minimum atomic E-state index is 0.334. The molecule has 0 aromatic heterocycles. The zero-order chi connectivity index (χ0) is 8.82. The average molecular weight is 166 g/mol. The molecule has 1 N–H and O–H groups in total. The lowest BCUT2D eigenvalue weighted by Gasteiger charge is -2.63. The highest BCUT2D eigenvalue weighted by atomic mass is 16.3. The van der Waals surface area contributed by atoms with Gasteiger partial charge in [0.05, 0.1) is 0 Å². The molecule has 0 aromatic carbocycles. The van der Waals surface area contributed by atoms with Crippen molar-refractivity contribution in [2.24, 2.45) is 16.7 Å². The molecule has 1 fully saturated rings. The topological polar surface area (TPSA) is 20.2 Å². The van der Waals surface area contributed by atoms with Crippen LogP contribution in [0.3, 0.4) is 0 Å². The summed E-state index contributed by atoms with van der Waals surface area (Å²) in [7, 11) is 0. The minimum Gasteiger partial charge on any atom is -0.396 e. The van der Waals surface area contributed by atoms with Gasteiger partial charge in [-0.3, -0.25) is 0 Å². The Labute approximate surface area is 74.5 Å². The summed E-state index contributed by atoms with van der Waals surface area (Å²) in [4.78, 5) is 0. The molecule has 1 heteroatoms. The van der Waals surface area contributed by atoms with Gasteiger partial charge in [0, 0.05) is 6.61 Å². The summed E-state index contributed by atoms with van der Waals surface area (Å²) in [5.41, 5.74) is 0.773. The van der Waals surface area contributed by atoms with Crippen molar-refractivity contribution in [3.8, 4) is 0 Å². The van der Waals surface area contributed by atoms with Crippen LogP contribution in [0.4, 0.5) is 0 Å². The lowest BCUT2D eigenvalue weighted by molar-refractivity contribution is -0.104. The van der Waals surface area contributed by atoms with E-state index in [9.17, 15) is 0 Å². The van der Waals surface area contributed by atoms with Crippen LogP contribution in [0.2, 0.25) is 0 Å². The standard InChI is InChI=1S/C11H18O/c1-10(2)9-4-3-5-11(10,8-9)6-7-12/h3,5,9,12H,4,6-8H2,1-2H3. The van der Waals surface area contributed by atoms with Crippen molar-refractivity contribution >= 4 is 0 Å². The fraction of sp³-hybridized carbons (Fsp3) is 0.818. The predicted octanol–water partition coefficient (Wildman–Crippen LogP) is 2.36. The van der Waals surface area contributed by atoms with E-state index in [0.717, 1.165) is 12.3 Å². The number of aliphatic hydroxyl groups is 1. The van der Waals surface area contributed by atoms with Crippen molar-refractivity contribution in [2.75, 3.05) is 6.61 Å². The Hall–Kier alpha value is -0.300. The fourth-order valence-electron chi connectivity index (χ4n) is 3.06. The van der Waals surface area contributed by atoms with E-state index in [1.807, 2.05) is 0 Å². The molecule has 0 heterocycles. The van der Waals surface area contributed by atoms with E-state index in [1.165, 1.54) is 12.8 Å². The summed E-state index contributed by atoms with van der Waals surface area (Å²) < 4.78 is 0. The predicted molar refractivity (Wildman–Crippen MR) is 49.8 cm³/mol. The summed E-state index contributed by atoms with van der Waals surface area (Å²) in [6, 6.07) is 0. The maximum atomic E-state index is 9.01. The molecule has 1 saturated carbocycles. The molecule has 68 valence electrons. The van der Waals surface area contributed by atoms with Crippen LogP contribution in [0.5, 0.6) is 0 Å². The molecular formula is C11H18O. The van der Waals surface area contributed by atoms with E-state index in [1.54, 1.807) is 0 Å². The van der Waals surface area contributed by atoms with Gasteiger partial charge in [-0.25, -0.2) is 0 Å². The van der Waals surface area contributed by atoms with E-state index >= 15 is 0 Å². The van der Waals surface area contributed by atoms with Crippen molar-refractivity contribution in [3.05, 3.63) is 12.2 Å². The second-order valence-corrected chi connectivity index (χ2v) is 4.89. The molecule has 2 bridgehead atoms. The third-order valence-electron chi connectivity index (χ3n) is 4.33. The molecule has 0 amide bonds. The first-order valence-electron chi connectivity index (χ1n) is 4.91. The molecule has 1 nitrogen and oxygen atoms in total. The Morgan fingerprint density at radius 3 is 2.75 bits per heavy atom. The summed E-state index contributed by atoms with van der Waals surface area (Å²) in [5, 5.41) is 9.01. The molecule has 2 atom stereocenters. The van der Waals surface area contributed by atoms with Crippen molar-refractivity contribution in [1.29, 1.82) is 0 Å². The number of fused-ring (bicyclic) bond motifs is 1. The largest absolute Gasteiger partial charge is 0.396 e. The molecule has 0 aromatic rings. The quantitative estimate of drug-likeness (QED) is 0.624. The fourth-order valence-corrected chi connectivity index (χ4v) is 3.06. The van der Waals surface area contributed by atoms with Crippen molar-refractivity contribution < 1.29 is 5.11 Å². The van der Waals surface area contributed by atoms with Gasteiger partial charge in [-0.2, -0.15) is 0 Å². The van der Waals surface area contributed by atoms with Gasteiger partial charge in [-0.1, -0.05) is 26.0 Å². The van der Waals surface area contributed by atoms with Crippen LogP contribution in [0.1, 0.15) is 33.1 Å². The van der Waals surface area contributed by atoms with Gasteiger partial charge < -0.3 is 5.11 Å². The summed E-state index contributed by atoms with van der Waals surface area (Å²) >= 11 is 0. The zero-order valence-corrected chi connectivity index (χ0v) is 8.01. The smallest absolute Gasteiger partial charge is 0.0439 e. The number of allylic oxidation sites excluding steroid dienone is 2. The second kappa shape index (κ2) is 2.35. The van der Waals surface area contributed by atoms with Gasteiger partial charge in [0.15, 0.2) is 0 Å². The van der Waals surface area contributed by atoms with Gasteiger partial charge >= 0.3 is 0 Å². The van der Waals surface area contributed by atoms with Crippen LogP contribution in [0.25, 0.3) is 0 Å². The Balaban J connectivity index is 2.24. The van der Waals surface area contributed by atoms with Gasteiger partial charge in [0.1, 0.15) is 0 Å². The molecule has 12 heavy (non-hydrogen) atoms. The lowest BCUT2D eigenvalue weighted by Crippen LogP contribution is -2.55. The van der Waals surface area contributed by atoms with Crippen LogP contribution in [-0.2, 0) is 0 Å². The molecule has 0 saturated heterocycles. The Morgan fingerprint density at radius 1 is 1.50 bits per heavy atom. The molecular weight excluding hydrogens is 148 g/mol. The van der Waals surface area contributed by atoms with Gasteiger partial charge in [-0.15, -0.1) is 0 Å². The Bertz CT molecular complexity index is 217. The van der Waals surface area contributed by atoms with E-state index in [2.05, 4.69) is 26.0 Å². The molecule has 2 unspecified atom stereocenters. The van der Waals surface area contributed by atoms with Crippen molar-refractivity contribution in [2.45, 2.75) is 33.1 Å². The van der Waals surface area contributed by atoms with Gasteiger partial charge in [-0.05, 0) is 36.0 Å². The first kappa shape index (κ1) is 8.31. The Kier molecular flexibility index (Phi) is 1.63. The molecule has 3 rings (SSSR count). The number of rotatable bonds is 2. The third kappa shape index (κ3) is 0.779. The maximum absolute atomic E-state index is 9.01. The molecule has 0 aliphatic heterocycles. The molecule has 0 radical (unpaired) electrons. The van der Waals surface area contributed by atoms with E-state index in [0.29, 0.717) is 17.4 Å². The highest BCUT2D eigenvalue weighted by Gasteiger charge is 2.58. The summed E-state index contributed by atoms with van der Waals surface area (Å²) in [6.07, 6.45) is 8.16. The minimum absolute atomic E-state index is 0.334. The number of hydrogen-bond donors (Lipinski definition) is 1. The third-order valence-corrected chi connectivity index (χ3v) is 4.33.